The highest BCUT2D eigenvalue weighted by Crippen LogP contribution is 2.65. The predicted molar refractivity (Wildman–Crippen MR) is 101 cm³/mol. The molecular formula is C23H36O. The van der Waals surface area contributed by atoms with Crippen molar-refractivity contribution in [3.63, 3.8) is 0 Å². The van der Waals surface area contributed by atoms with E-state index in [4.69, 9.17) is 0 Å². The van der Waals surface area contributed by atoms with Crippen molar-refractivity contribution in [2.24, 2.45) is 35.0 Å². The average molecular weight is 329 g/mol. The van der Waals surface area contributed by atoms with E-state index in [-0.39, 0.29) is 6.10 Å². The zero-order valence-electron chi connectivity index (χ0n) is 15.8. The molecule has 4 rings (SSSR count). The second-order valence-electron chi connectivity index (χ2n) is 9.55. The summed E-state index contributed by atoms with van der Waals surface area (Å²) < 4.78 is 0. The summed E-state index contributed by atoms with van der Waals surface area (Å²) in [7, 11) is 0. The van der Waals surface area contributed by atoms with E-state index in [1.54, 1.807) is 11.1 Å². The lowest BCUT2D eigenvalue weighted by atomic mass is 9.51. The van der Waals surface area contributed by atoms with Crippen LogP contribution < -0.4 is 0 Å². The molecule has 1 nitrogen and oxygen atoms in total. The van der Waals surface area contributed by atoms with Crippen LogP contribution in [0.5, 0.6) is 0 Å². The Hall–Kier alpha value is -0.560. The van der Waals surface area contributed by atoms with E-state index in [2.05, 4.69) is 26.5 Å². The molecule has 7 atom stereocenters. The summed E-state index contributed by atoms with van der Waals surface area (Å²) in [6.45, 7) is 9.41. The molecule has 0 amide bonds. The van der Waals surface area contributed by atoms with Crippen LogP contribution in [0.2, 0.25) is 0 Å². The third-order valence-electron chi connectivity index (χ3n) is 8.50. The van der Waals surface area contributed by atoms with Crippen molar-refractivity contribution in [3.05, 3.63) is 23.8 Å². The highest BCUT2D eigenvalue weighted by atomic mass is 16.3. The number of allylic oxidation sites excluding steroid dienone is 2. The standard InChI is InChI=1S/C23H36O/c1-4-5-15(2)21-10-11-22-20-8-6-16-14-17(24)7-9-18(16)19(20)12-13-23(21,22)3/h14,17-22,24H,2,4-13H2,1,3H3. The maximum absolute atomic E-state index is 10.00. The minimum absolute atomic E-state index is 0.158. The summed E-state index contributed by atoms with van der Waals surface area (Å²) in [6, 6.07) is 0. The van der Waals surface area contributed by atoms with Gasteiger partial charge in [0.15, 0.2) is 0 Å². The number of rotatable bonds is 3. The molecule has 3 fully saturated rings. The Morgan fingerprint density at radius 2 is 2.00 bits per heavy atom. The largest absolute Gasteiger partial charge is 0.389 e. The number of hydrogen-bond acceptors (Lipinski definition) is 1. The van der Waals surface area contributed by atoms with Crippen molar-refractivity contribution in [1.29, 1.82) is 0 Å². The molecule has 0 saturated heterocycles. The van der Waals surface area contributed by atoms with Crippen LogP contribution in [0.4, 0.5) is 0 Å². The Morgan fingerprint density at radius 1 is 1.17 bits per heavy atom. The molecule has 0 radical (unpaired) electrons. The van der Waals surface area contributed by atoms with Crippen LogP contribution >= 0.6 is 0 Å². The molecule has 134 valence electrons. The van der Waals surface area contributed by atoms with E-state index in [1.165, 1.54) is 57.8 Å². The third kappa shape index (κ3) is 2.54. The molecule has 3 saturated carbocycles. The van der Waals surface area contributed by atoms with Gasteiger partial charge in [-0.2, -0.15) is 0 Å². The second kappa shape index (κ2) is 6.31. The van der Waals surface area contributed by atoms with Gasteiger partial charge in [-0.25, -0.2) is 0 Å². The molecule has 0 spiro atoms. The fourth-order valence-corrected chi connectivity index (χ4v) is 7.48. The molecule has 1 N–H and O–H groups in total. The van der Waals surface area contributed by atoms with Gasteiger partial charge in [-0.15, -0.1) is 0 Å². The molecule has 7 unspecified atom stereocenters. The first-order valence-electron chi connectivity index (χ1n) is 10.6. The topological polar surface area (TPSA) is 20.2 Å². The van der Waals surface area contributed by atoms with Crippen LogP contribution in [-0.4, -0.2) is 11.2 Å². The van der Waals surface area contributed by atoms with Gasteiger partial charge >= 0.3 is 0 Å². The quantitative estimate of drug-likeness (QED) is 0.640. The van der Waals surface area contributed by atoms with E-state index in [9.17, 15) is 5.11 Å². The van der Waals surface area contributed by atoms with Crippen LogP contribution in [0.25, 0.3) is 0 Å². The molecule has 0 aromatic rings. The Morgan fingerprint density at radius 3 is 2.79 bits per heavy atom. The Bertz CT molecular complexity index is 532. The van der Waals surface area contributed by atoms with Gasteiger partial charge in [0, 0.05) is 0 Å². The van der Waals surface area contributed by atoms with Gasteiger partial charge in [0.25, 0.3) is 0 Å². The molecule has 1 heteroatoms. The summed E-state index contributed by atoms with van der Waals surface area (Å²) in [6.07, 6.45) is 15.1. The fourth-order valence-electron chi connectivity index (χ4n) is 7.48. The SMILES string of the molecule is C=C(CCC)C1CCC2C3CCC4=CC(O)CCC4C3CCC12C. The minimum Gasteiger partial charge on any atom is -0.389 e. The molecule has 0 aliphatic heterocycles. The molecule has 0 bridgehead atoms. The smallest absolute Gasteiger partial charge is 0.0723 e. The monoisotopic (exact) mass is 328 g/mol. The lowest BCUT2D eigenvalue weighted by molar-refractivity contribution is -0.0188. The van der Waals surface area contributed by atoms with Crippen molar-refractivity contribution in [1.82, 2.24) is 0 Å². The summed E-state index contributed by atoms with van der Waals surface area (Å²) >= 11 is 0. The van der Waals surface area contributed by atoms with E-state index < -0.39 is 0 Å². The van der Waals surface area contributed by atoms with Crippen molar-refractivity contribution in [3.8, 4) is 0 Å². The zero-order chi connectivity index (χ0) is 16.9. The number of aliphatic hydroxyl groups excluding tert-OH is 1. The minimum atomic E-state index is -0.158. The Labute approximate surface area is 148 Å². The van der Waals surface area contributed by atoms with E-state index in [0.717, 1.165) is 36.0 Å². The van der Waals surface area contributed by atoms with Gasteiger partial charge in [-0.3, -0.25) is 0 Å². The van der Waals surface area contributed by atoms with E-state index >= 15 is 0 Å². The highest BCUT2D eigenvalue weighted by Gasteiger charge is 2.56. The molecule has 4 aliphatic rings. The van der Waals surface area contributed by atoms with Gasteiger partial charge in [-0.05, 0) is 92.8 Å². The normalized spacial score (nSPS) is 47.4. The highest BCUT2D eigenvalue weighted by molar-refractivity contribution is 5.21. The van der Waals surface area contributed by atoms with Crippen LogP contribution in [0.1, 0.15) is 78.1 Å². The van der Waals surface area contributed by atoms with Crippen molar-refractivity contribution in [2.75, 3.05) is 0 Å². The maximum atomic E-state index is 10.00. The van der Waals surface area contributed by atoms with Gasteiger partial charge in [-0.1, -0.05) is 44.1 Å². The summed E-state index contributed by atoms with van der Waals surface area (Å²) in [5.41, 5.74) is 3.70. The molecule has 4 aliphatic carbocycles. The number of fused-ring (bicyclic) bond motifs is 5. The first-order chi connectivity index (χ1) is 11.5. The zero-order valence-corrected chi connectivity index (χ0v) is 15.8. The molecule has 0 aromatic heterocycles. The Kier molecular flexibility index (Phi) is 4.44. The van der Waals surface area contributed by atoms with Gasteiger partial charge < -0.3 is 5.11 Å². The predicted octanol–water partition coefficient (Wildman–Crippen LogP) is 5.89. The van der Waals surface area contributed by atoms with E-state index in [1.807, 2.05) is 0 Å². The first-order valence-corrected chi connectivity index (χ1v) is 10.6. The summed E-state index contributed by atoms with van der Waals surface area (Å²) in [5.74, 6) is 4.38. The van der Waals surface area contributed by atoms with E-state index in [0.29, 0.717) is 5.41 Å². The second-order valence-corrected chi connectivity index (χ2v) is 9.55. The number of aliphatic hydroxyl groups is 1. The molecular weight excluding hydrogens is 292 g/mol. The van der Waals surface area contributed by atoms with Crippen LogP contribution in [0, 0.1) is 35.0 Å². The molecule has 0 aromatic carbocycles. The summed E-state index contributed by atoms with van der Waals surface area (Å²) in [4.78, 5) is 0. The van der Waals surface area contributed by atoms with Gasteiger partial charge in [0.2, 0.25) is 0 Å². The lowest BCUT2D eigenvalue weighted by Crippen LogP contribution is -2.46. The van der Waals surface area contributed by atoms with Crippen LogP contribution in [-0.2, 0) is 0 Å². The maximum Gasteiger partial charge on any atom is 0.0723 e. The third-order valence-corrected chi connectivity index (χ3v) is 8.50. The fraction of sp³-hybridized carbons (Fsp3) is 0.826. The number of hydrogen-bond donors (Lipinski definition) is 1. The summed E-state index contributed by atoms with van der Waals surface area (Å²) in [5, 5.41) is 10.00. The van der Waals surface area contributed by atoms with Gasteiger partial charge in [0.05, 0.1) is 6.10 Å². The van der Waals surface area contributed by atoms with Crippen LogP contribution in [0.15, 0.2) is 23.8 Å². The van der Waals surface area contributed by atoms with Crippen molar-refractivity contribution in [2.45, 2.75) is 84.2 Å². The van der Waals surface area contributed by atoms with Crippen molar-refractivity contribution >= 4 is 0 Å². The van der Waals surface area contributed by atoms with Crippen LogP contribution in [0.3, 0.4) is 0 Å². The average Bonchev–Trinajstić information content (AvgIpc) is 2.92. The van der Waals surface area contributed by atoms with Crippen molar-refractivity contribution < 1.29 is 5.11 Å². The Balaban J connectivity index is 1.56. The first kappa shape index (κ1) is 16.9. The molecule has 0 heterocycles. The van der Waals surface area contributed by atoms with Gasteiger partial charge in [0.1, 0.15) is 0 Å². The molecule has 24 heavy (non-hydrogen) atoms. The lowest BCUT2D eigenvalue weighted by Gasteiger charge is -2.54.